The van der Waals surface area contributed by atoms with Gasteiger partial charge in [0.1, 0.15) is 12.4 Å². The van der Waals surface area contributed by atoms with Gasteiger partial charge in [-0.05, 0) is 24.3 Å². The highest BCUT2D eigenvalue weighted by Crippen LogP contribution is 2.35. The van der Waals surface area contributed by atoms with Crippen molar-refractivity contribution in [3.05, 3.63) is 57.3 Å². The molecule has 2 aromatic carbocycles. The van der Waals surface area contributed by atoms with E-state index in [0.717, 1.165) is 6.07 Å². The Morgan fingerprint density at radius 3 is 2.33 bits per heavy atom. The zero-order valence-corrected chi connectivity index (χ0v) is 12.2. The van der Waals surface area contributed by atoms with E-state index >= 15 is 0 Å². The normalized spacial score (nSPS) is 10.4. The van der Waals surface area contributed by atoms with Crippen molar-refractivity contribution in [1.29, 1.82) is 0 Å². The van der Waals surface area contributed by atoms with E-state index in [0.29, 0.717) is 5.69 Å². The molecule has 1 amide bonds. The minimum Gasteiger partial charge on any atom is -0.486 e. The number of hydrogen-bond donors (Lipinski definition) is 2. The predicted octanol–water partition coefficient (Wildman–Crippen LogP) is 3.39. The highest BCUT2D eigenvalue weighted by Gasteiger charge is 2.12. The summed E-state index contributed by atoms with van der Waals surface area (Å²) < 4.78 is 19.2. The summed E-state index contributed by atoms with van der Waals surface area (Å²) in [5.41, 5.74) is 11.4. The highest BCUT2D eigenvalue weighted by atomic mass is 35.5. The summed E-state index contributed by atoms with van der Waals surface area (Å²) in [6.07, 6.45) is 0. The highest BCUT2D eigenvalue weighted by molar-refractivity contribution is 6.37. The van der Waals surface area contributed by atoms with Crippen LogP contribution >= 0.6 is 23.2 Å². The molecule has 0 aliphatic heterocycles. The summed E-state index contributed by atoms with van der Waals surface area (Å²) in [5, 5.41) is 0.461. The van der Waals surface area contributed by atoms with Crippen molar-refractivity contribution in [2.75, 3.05) is 5.73 Å². The summed E-state index contributed by atoms with van der Waals surface area (Å²) in [4.78, 5) is 10.9. The fourth-order valence-corrected chi connectivity index (χ4v) is 2.30. The van der Waals surface area contributed by atoms with E-state index in [9.17, 15) is 9.18 Å². The summed E-state index contributed by atoms with van der Waals surface area (Å²) >= 11 is 11.9. The number of benzene rings is 2. The van der Waals surface area contributed by atoms with Crippen molar-refractivity contribution in [2.24, 2.45) is 5.73 Å². The monoisotopic (exact) mass is 328 g/mol. The molecule has 0 saturated heterocycles. The van der Waals surface area contributed by atoms with Crippen molar-refractivity contribution in [3.8, 4) is 5.75 Å². The average Bonchev–Trinajstić information content (AvgIpc) is 2.38. The first-order chi connectivity index (χ1) is 9.88. The number of amides is 1. The third-order valence-corrected chi connectivity index (χ3v) is 3.29. The topological polar surface area (TPSA) is 78.3 Å². The van der Waals surface area contributed by atoms with Crippen LogP contribution in [0.5, 0.6) is 5.75 Å². The Kier molecular flexibility index (Phi) is 4.55. The van der Waals surface area contributed by atoms with E-state index < -0.39 is 11.7 Å². The Morgan fingerprint density at radius 2 is 1.81 bits per heavy atom. The first-order valence-corrected chi connectivity index (χ1v) is 6.59. The second-order valence-corrected chi connectivity index (χ2v) is 5.09. The van der Waals surface area contributed by atoms with E-state index in [1.807, 2.05) is 0 Å². The van der Waals surface area contributed by atoms with Gasteiger partial charge < -0.3 is 16.2 Å². The predicted molar refractivity (Wildman–Crippen MR) is 80.1 cm³/mol. The lowest BCUT2D eigenvalue weighted by Crippen LogP contribution is -2.11. The van der Waals surface area contributed by atoms with Crippen molar-refractivity contribution < 1.29 is 13.9 Å². The second kappa shape index (κ2) is 6.20. The molecular weight excluding hydrogens is 318 g/mol. The Bertz CT molecular complexity index is 684. The minimum atomic E-state index is -0.703. The Balaban J connectivity index is 2.19. The maximum Gasteiger partial charge on any atom is 0.248 e. The molecule has 4 nitrogen and oxygen atoms in total. The van der Waals surface area contributed by atoms with Gasteiger partial charge >= 0.3 is 0 Å². The van der Waals surface area contributed by atoms with Crippen LogP contribution in [0.2, 0.25) is 10.0 Å². The van der Waals surface area contributed by atoms with Crippen LogP contribution in [0.4, 0.5) is 10.1 Å². The molecule has 0 saturated carbocycles. The van der Waals surface area contributed by atoms with E-state index in [1.54, 1.807) is 0 Å². The quantitative estimate of drug-likeness (QED) is 0.844. The van der Waals surface area contributed by atoms with Crippen LogP contribution in [0.15, 0.2) is 30.3 Å². The summed E-state index contributed by atoms with van der Waals surface area (Å²) in [5.74, 6) is -1.09. The van der Waals surface area contributed by atoms with Crippen LogP contribution in [0.1, 0.15) is 15.9 Å². The number of nitrogen functional groups attached to an aromatic ring is 1. The largest absolute Gasteiger partial charge is 0.486 e. The molecule has 0 heterocycles. The molecule has 0 aliphatic carbocycles. The zero-order chi connectivity index (χ0) is 15.6. The van der Waals surface area contributed by atoms with Crippen LogP contribution in [-0.4, -0.2) is 5.91 Å². The number of primary amides is 1. The van der Waals surface area contributed by atoms with Crippen LogP contribution in [0.25, 0.3) is 0 Å². The van der Waals surface area contributed by atoms with Gasteiger partial charge in [-0.3, -0.25) is 4.79 Å². The van der Waals surface area contributed by atoms with Gasteiger partial charge in [0.15, 0.2) is 5.75 Å². The lowest BCUT2D eigenvalue weighted by atomic mass is 10.1. The number of rotatable bonds is 4. The first kappa shape index (κ1) is 15.4. The average molecular weight is 329 g/mol. The molecule has 0 fully saturated rings. The molecule has 0 radical (unpaired) electrons. The van der Waals surface area contributed by atoms with Crippen LogP contribution in [0.3, 0.4) is 0 Å². The molecule has 21 heavy (non-hydrogen) atoms. The van der Waals surface area contributed by atoms with Crippen molar-refractivity contribution in [2.45, 2.75) is 6.61 Å². The minimum absolute atomic E-state index is 0.0831. The number of ether oxygens (including phenoxy) is 1. The lowest BCUT2D eigenvalue weighted by molar-refractivity contribution is 0.0999. The van der Waals surface area contributed by atoms with Gasteiger partial charge in [0, 0.05) is 16.8 Å². The van der Waals surface area contributed by atoms with Gasteiger partial charge in [0.2, 0.25) is 5.91 Å². The van der Waals surface area contributed by atoms with Gasteiger partial charge in [-0.1, -0.05) is 29.3 Å². The maximum atomic E-state index is 13.8. The maximum absolute atomic E-state index is 13.8. The molecule has 4 N–H and O–H groups in total. The number of halogens is 3. The lowest BCUT2D eigenvalue weighted by Gasteiger charge is -2.11. The van der Waals surface area contributed by atoms with E-state index in [4.69, 9.17) is 39.4 Å². The number of carbonyl (C=O) groups excluding carboxylic acids is 1. The molecule has 0 unspecified atom stereocenters. The van der Waals surface area contributed by atoms with Gasteiger partial charge in [-0.25, -0.2) is 4.39 Å². The van der Waals surface area contributed by atoms with E-state index in [2.05, 4.69) is 0 Å². The molecule has 0 aromatic heterocycles. The Hall–Kier alpha value is -1.98. The first-order valence-electron chi connectivity index (χ1n) is 5.84. The van der Waals surface area contributed by atoms with Crippen molar-refractivity contribution in [1.82, 2.24) is 0 Å². The Morgan fingerprint density at radius 1 is 1.19 bits per heavy atom. The van der Waals surface area contributed by atoms with Gasteiger partial charge in [0.05, 0.1) is 10.0 Å². The van der Waals surface area contributed by atoms with E-state index in [1.165, 1.54) is 24.3 Å². The molecule has 0 spiro atoms. The van der Waals surface area contributed by atoms with Gasteiger partial charge in [-0.15, -0.1) is 0 Å². The van der Waals surface area contributed by atoms with Crippen LogP contribution in [-0.2, 0) is 6.61 Å². The fourth-order valence-electron chi connectivity index (χ4n) is 1.68. The molecule has 2 rings (SSSR count). The molecular formula is C14H11Cl2FN2O2. The molecule has 0 bridgehead atoms. The number of anilines is 1. The van der Waals surface area contributed by atoms with Crippen molar-refractivity contribution >= 4 is 34.8 Å². The molecule has 110 valence electrons. The zero-order valence-electron chi connectivity index (χ0n) is 10.7. The number of nitrogens with two attached hydrogens (primary N) is 2. The fraction of sp³-hybridized carbons (Fsp3) is 0.0714. The second-order valence-electron chi connectivity index (χ2n) is 4.27. The molecule has 0 atom stereocenters. The number of hydrogen-bond acceptors (Lipinski definition) is 3. The van der Waals surface area contributed by atoms with Crippen LogP contribution < -0.4 is 16.2 Å². The summed E-state index contributed by atoms with van der Waals surface area (Å²) in [6, 6.07) is 6.84. The van der Waals surface area contributed by atoms with E-state index in [-0.39, 0.29) is 33.5 Å². The van der Waals surface area contributed by atoms with Crippen molar-refractivity contribution in [3.63, 3.8) is 0 Å². The molecule has 2 aromatic rings. The summed E-state index contributed by atoms with van der Waals surface area (Å²) in [6.45, 7) is -0.103. The third kappa shape index (κ3) is 3.56. The number of carbonyl (C=O) groups is 1. The molecule has 7 heteroatoms. The standard InChI is InChI=1S/C14H11Cl2FN2O2/c15-10-4-9(18)5-11(16)13(10)21-6-8-2-1-7(14(19)20)3-12(8)17/h1-5H,6,18H2,(H2,19,20). The third-order valence-electron chi connectivity index (χ3n) is 2.73. The smallest absolute Gasteiger partial charge is 0.248 e. The summed E-state index contributed by atoms with van der Waals surface area (Å²) in [7, 11) is 0. The SMILES string of the molecule is NC(=O)c1ccc(COc2c(Cl)cc(N)cc2Cl)c(F)c1. The molecule has 0 aliphatic rings. The Labute approximate surface area is 130 Å². The van der Waals surface area contributed by atoms with Gasteiger partial charge in [0.25, 0.3) is 0 Å². The van der Waals surface area contributed by atoms with Crippen LogP contribution in [0, 0.1) is 5.82 Å². The van der Waals surface area contributed by atoms with Gasteiger partial charge in [-0.2, -0.15) is 0 Å².